The lowest BCUT2D eigenvalue weighted by Gasteiger charge is -2.17. The minimum absolute atomic E-state index is 0.203. The summed E-state index contributed by atoms with van der Waals surface area (Å²) in [5.41, 5.74) is 0. The smallest absolute Gasteiger partial charge is 0.144 e. The van der Waals surface area contributed by atoms with E-state index in [2.05, 4.69) is 4.40 Å². The lowest BCUT2D eigenvalue weighted by molar-refractivity contribution is 0.561. The highest BCUT2D eigenvalue weighted by Gasteiger charge is 2.27. The molecule has 1 aliphatic rings. The third-order valence-corrected chi connectivity index (χ3v) is 2.87. The Kier molecular flexibility index (Phi) is 2.60. The van der Waals surface area contributed by atoms with E-state index in [4.69, 9.17) is 0 Å². The fourth-order valence-corrected chi connectivity index (χ4v) is 1.14. The molecule has 0 N–H and O–H groups in total. The second-order valence-corrected chi connectivity index (χ2v) is 5.89. The van der Waals surface area contributed by atoms with Crippen LogP contribution >= 0.6 is 0 Å². The molecule has 0 unspecified atom stereocenters. The Bertz CT molecular complexity index is 158. The predicted octanol–water partition coefficient (Wildman–Crippen LogP) is 1.93. The van der Waals surface area contributed by atoms with Gasteiger partial charge in [-0.1, -0.05) is 4.40 Å². The van der Waals surface area contributed by atoms with Crippen molar-refractivity contribution in [1.29, 1.82) is 0 Å². The second kappa shape index (κ2) is 3.15. The van der Waals surface area contributed by atoms with Gasteiger partial charge in [-0.2, -0.15) is 0 Å². The van der Waals surface area contributed by atoms with Gasteiger partial charge in [0.05, 0.1) is 6.21 Å². The first-order valence-corrected chi connectivity index (χ1v) is 5.07. The maximum absolute atomic E-state index is 11.3. The normalized spacial score (nSPS) is 22.5. The molecule has 3 heteroatoms. The molecule has 0 spiro atoms. The van der Waals surface area contributed by atoms with Crippen molar-refractivity contribution in [3.8, 4) is 0 Å². The predicted molar refractivity (Wildman–Crippen MR) is 49.1 cm³/mol. The minimum atomic E-state index is -1.05. The van der Waals surface area contributed by atoms with Crippen LogP contribution in [0.5, 0.6) is 0 Å². The van der Waals surface area contributed by atoms with Crippen LogP contribution in [0.2, 0.25) is 0 Å². The molecule has 0 aromatic carbocycles. The van der Waals surface area contributed by atoms with Gasteiger partial charge in [0.25, 0.3) is 0 Å². The van der Waals surface area contributed by atoms with Gasteiger partial charge in [-0.15, -0.1) is 0 Å². The SMILES string of the molecule is CC(C)(C)[S@+]([O-])N=CC1CC1. The Morgan fingerprint density at radius 1 is 1.45 bits per heavy atom. The van der Waals surface area contributed by atoms with Crippen molar-refractivity contribution in [2.24, 2.45) is 10.3 Å². The fraction of sp³-hybridized carbons (Fsp3) is 0.875. The van der Waals surface area contributed by atoms with Crippen LogP contribution in [0.1, 0.15) is 33.6 Å². The van der Waals surface area contributed by atoms with Gasteiger partial charge in [-0.25, -0.2) is 0 Å². The summed E-state index contributed by atoms with van der Waals surface area (Å²) in [5.74, 6) is 0.626. The Balaban J connectivity index is 2.34. The molecule has 0 radical (unpaired) electrons. The maximum atomic E-state index is 11.3. The van der Waals surface area contributed by atoms with E-state index in [1.807, 2.05) is 27.0 Å². The van der Waals surface area contributed by atoms with Crippen LogP contribution in [0.25, 0.3) is 0 Å². The van der Waals surface area contributed by atoms with Gasteiger partial charge in [0.1, 0.15) is 16.1 Å². The highest BCUT2D eigenvalue weighted by Crippen LogP contribution is 2.27. The standard InChI is InChI=1S/C8H15NOS/c1-8(2,3)11(10)9-6-7-4-5-7/h6-7H,4-5H2,1-3H3/t11-/m0/s1. The Morgan fingerprint density at radius 2 is 2.00 bits per heavy atom. The van der Waals surface area contributed by atoms with Crippen molar-refractivity contribution in [3.05, 3.63) is 0 Å². The zero-order valence-electron chi connectivity index (χ0n) is 7.33. The molecule has 0 aromatic rings. The fourth-order valence-electron chi connectivity index (χ4n) is 0.545. The summed E-state index contributed by atoms with van der Waals surface area (Å²) in [6.07, 6.45) is 4.30. The quantitative estimate of drug-likeness (QED) is 0.464. The molecule has 0 aliphatic heterocycles. The third-order valence-electron chi connectivity index (χ3n) is 1.51. The van der Waals surface area contributed by atoms with Crippen LogP contribution in [-0.4, -0.2) is 15.5 Å². The van der Waals surface area contributed by atoms with E-state index in [0.717, 1.165) is 0 Å². The molecule has 11 heavy (non-hydrogen) atoms. The van der Waals surface area contributed by atoms with E-state index < -0.39 is 11.4 Å². The summed E-state index contributed by atoms with van der Waals surface area (Å²) in [7, 11) is 0. The van der Waals surface area contributed by atoms with E-state index in [-0.39, 0.29) is 4.75 Å². The summed E-state index contributed by atoms with van der Waals surface area (Å²) in [4.78, 5) is 0. The van der Waals surface area contributed by atoms with E-state index in [0.29, 0.717) is 5.92 Å². The Hall–Kier alpha value is -0.0200. The zero-order valence-corrected chi connectivity index (χ0v) is 8.15. The van der Waals surface area contributed by atoms with Crippen molar-refractivity contribution in [2.75, 3.05) is 0 Å². The molecule has 1 aliphatic carbocycles. The molecule has 2 nitrogen and oxygen atoms in total. The van der Waals surface area contributed by atoms with Crippen LogP contribution in [0.3, 0.4) is 0 Å². The lowest BCUT2D eigenvalue weighted by atomic mass is 10.3. The molecule has 0 bridgehead atoms. The highest BCUT2D eigenvalue weighted by atomic mass is 32.2. The molecule has 0 heterocycles. The number of nitrogens with zero attached hydrogens (tertiary/aromatic N) is 1. The number of rotatable bonds is 2. The minimum Gasteiger partial charge on any atom is -0.591 e. The van der Waals surface area contributed by atoms with Gasteiger partial charge in [0.2, 0.25) is 0 Å². The molecule has 64 valence electrons. The molecular formula is C8H15NOS. The molecular weight excluding hydrogens is 158 g/mol. The van der Waals surface area contributed by atoms with Crippen LogP contribution in [0.15, 0.2) is 4.40 Å². The van der Waals surface area contributed by atoms with Gasteiger partial charge in [0, 0.05) is 0 Å². The first-order chi connectivity index (χ1) is 5.00. The van der Waals surface area contributed by atoms with Gasteiger partial charge in [-0.05, 0) is 39.5 Å². The Morgan fingerprint density at radius 3 is 2.36 bits per heavy atom. The molecule has 1 rings (SSSR count). The van der Waals surface area contributed by atoms with Gasteiger partial charge < -0.3 is 4.55 Å². The van der Waals surface area contributed by atoms with Crippen molar-refractivity contribution < 1.29 is 4.55 Å². The van der Waals surface area contributed by atoms with E-state index in [9.17, 15) is 4.55 Å². The van der Waals surface area contributed by atoms with E-state index in [1.165, 1.54) is 12.8 Å². The second-order valence-electron chi connectivity index (χ2n) is 3.95. The van der Waals surface area contributed by atoms with Gasteiger partial charge >= 0.3 is 0 Å². The molecule has 1 saturated carbocycles. The highest BCUT2D eigenvalue weighted by molar-refractivity contribution is 7.91. The zero-order chi connectivity index (χ0) is 8.48. The average Bonchev–Trinajstić information content (AvgIpc) is 2.62. The number of hydrogen-bond acceptors (Lipinski definition) is 2. The summed E-state index contributed by atoms with van der Waals surface area (Å²) < 4.78 is 15.1. The van der Waals surface area contributed by atoms with Gasteiger partial charge in [-0.3, -0.25) is 0 Å². The first kappa shape index (κ1) is 9.07. The Labute approximate surface area is 71.4 Å². The summed E-state index contributed by atoms with van der Waals surface area (Å²) >= 11 is -1.05. The van der Waals surface area contributed by atoms with Crippen LogP contribution in [0, 0.1) is 5.92 Å². The lowest BCUT2D eigenvalue weighted by Crippen LogP contribution is -2.25. The summed E-state index contributed by atoms with van der Waals surface area (Å²) in [5, 5.41) is 0. The molecule has 1 fully saturated rings. The van der Waals surface area contributed by atoms with Crippen LogP contribution in [-0.2, 0) is 11.4 Å². The average molecular weight is 173 g/mol. The van der Waals surface area contributed by atoms with Crippen molar-refractivity contribution in [2.45, 2.75) is 38.4 Å². The summed E-state index contributed by atoms with van der Waals surface area (Å²) in [6, 6.07) is 0. The maximum Gasteiger partial charge on any atom is 0.144 e. The van der Waals surface area contributed by atoms with Crippen LogP contribution in [0.4, 0.5) is 0 Å². The monoisotopic (exact) mass is 173 g/mol. The topological polar surface area (TPSA) is 35.4 Å². The van der Waals surface area contributed by atoms with Crippen molar-refractivity contribution in [1.82, 2.24) is 0 Å². The number of hydrogen-bond donors (Lipinski definition) is 0. The van der Waals surface area contributed by atoms with E-state index in [1.54, 1.807) is 0 Å². The van der Waals surface area contributed by atoms with Crippen LogP contribution < -0.4 is 0 Å². The molecule has 0 amide bonds. The largest absolute Gasteiger partial charge is 0.591 e. The molecule has 0 aromatic heterocycles. The van der Waals surface area contributed by atoms with Crippen molar-refractivity contribution in [3.63, 3.8) is 0 Å². The third kappa shape index (κ3) is 3.25. The molecule has 1 atom stereocenters. The molecule has 0 saturated heterocycles. The van der Waals surface area contributed by atoms with E-state index >= 15 is 0 Å². The van der Waals surface area contributed by atoms with Crippen molar-refractivity contribution >= 4 is 17.6 Å². The van der Waals surface area contributed by atoms with Gasteiger partial charge in [0.15, 0.2) is 0 Å². The first-order valence-electron chi connectivity index (χ1n) is 3.96. The summed E-state index contributed by atoms with van der Waals surface area (Å²) in [6.45, 7) is 5.81.